The number of ether oxygens (including phenoxy) is 1. The number of carbonyl (C=O) groups is 1. The molecule has 4 N–H and O–H groups in total. The first-order valence-corrected chi connectivity index (χ1v) is 10.4. The Labute approximate surface area is 175 Å². The van der Waals surface area contributed by atoms with E-state index in [1.165, 1.54) is 0 Å². The maximum atomic E-state index is 12.2. The summed E-state index contributed by atoms with van der Waals surface area (Å²) in [5, 5.41) is 13.2. The Morgan fingerprint density at radius 1 is 1.37 bits per heavy atom. The predicted molar refractivity (Wildman–Crippen MR) is 109 cm³/mol. The predicted octanol–water partition coefficient (Wildman–Crippen LogP) is 1.82. The molecule has 1 amide bonds. The summed E-state index contributed by atoms with van der Waals surface area (Å²) in [5.41, 5.74) is 7.13. The van der Waals surface area contributed by atoms with E-state index in [0.717, 1.165) is 18.4 Å². The highest BCUT2D eigenvalue weighted by Gasteiger charge is 2.37. The monoisotopic (exact) mass is 424 g/mol. The molecule has 0 radical (unpaired) electrons. The topological polar surface area (TPSA) is 100 Å². The Morgan fingerprint density at radius 2 is 2.13 bits per heavy atom. The number of aliphatic hydroxyl groups excluding tert-OH is 1. The Bertz CT molecular complexity index is 719. The summed E-state index contributed by atoms with van der Waals surface area (Å²) in [6.07, 6.45) is -1.99. The molecule has 0 spiro atoms. The zero-order valence-electron chi connectivity index (χ0n) is 16.9. The van der Waals surface area contributed by atoms with Crippen LogP contribution in [-0.4, -0.2) is 66.2 Å². The number of amides is 1. The van der Waals surface area contributed by atoms with Crippen molar-refractivity contribution in [2.75, 3.05) is 19.7 Å². The fourth-order valence-corrected chi connectivity index (χ4v) is 3.89. The van der Waals surface area contributed by atoms with Gasteiger partial charge in [0.15, 0.2) is 0 Å². The van der Waals surface area contributed by atoms with Crippen molar-refractivity contribution >= 4 is 11.8 Å². The van der Waals surface area contributed by atoms with Crippen molar-refractivity contribution in [3.8, 4) is 0 Å². The second-order valence-corrected chi connectivity index (χ2v) is 7.81. The van der Waals surface area contributed by atoms with Crippen molar-refractivity contribution in [1.29, 1.82) is 0 Å². The quantitative estimate of drug-likeness (QED) is 0.532. The van der Waals surface area contributed by atoms with Crippen molar-refractivity contribution in [1.82, 2.24) is 10.2 Å². The van der Waals surface area contributed by atoms with Gasteiger partial charge in [-0.15, -0.1) is 0 Å². The molecule has 2 heterocycles. The number of aliphatic imine (C=N–C) groups is 1. The molecular formula is C21H30F2N4O3. The van der Waals surface area contributed by atoms with Crippen LogP contribution in [0.25, 0.3) is 0 Å². The molecule has 0 saturated carbocycles. The van der Waals surface area contributed by atoms with E-state index in [0.29, 0.717) is 19.0 Å². The van der Waals surface area contributed by atoms with E-state index in [9.17, 15) is 18.7 Å². The molecule has 2 unspecified atom stereocenters. The minimum Gasteiger partial charge on any atom is -0.477 e. The molecule has 2 aliphatic heterocycles. The first kappa shape index (κ1) is 22.6. The van der Waals surface area contributed by atoms with Crippen LogP contribution < -0.4 is 11.1 Å². The third kappa shape index (κ3) is 6.20. The highest BCUT2D eigenvalue weighted by Crippen LogP contribution is 2.29. The Morgan fingerprint density at radius 3 is 2.87 bits per heavy atom. The number of alkyl halides is 2. The van der Waals surface area contributed by atoms with Crippen LogP contribution in [0.1, 0.15) is 43.7 Å². The minimum atomic E-state index is -2.50. The van der Waals surface area contributed by atoms with Gasteiger partial charge in [-0.3, -0.25) is 9.69 Å². The van der Waals surface area contributed by atoms with Gasteiger partial charge in [0.25, 0.3) is 0 Å². The summed E-state index contributed by atoms with van der Waals surface area (Å²) in [4.78, 5) is 18.2. The number of likely N-dealkylation sites (tertiary alicyclic amines) is 1. The Kier molecular flexibility index (Phi) is 8.12. The van der Waals surface area contributed by atoms with E-state index in [2.05, 4.69) is 5.32 Å². The zero-order valence-corrected chi connectivity index (χ0v) is 16.9. The Balaban J connectivity index is 1.49. The van der Waals surface area contributed by atoms with Gasteiger partial charge >= 0.3 is 0 Å². The van der Waals surface area contributed by atoms with Crippen molar-refractivity contribution < 1.29 is 23.4 Å². The van der Waals surface area contributed by atoms with Crippen LogP contribution in [0.5, 0.6) is 0 Å². The molecule has 1 aromatic rings. The average molecular weight is 424 g/mol. The molecule has 0 aliphatic carbocycles. The smallest absolute Gasteiger partial charge is 0.239 e. The molecule has 2 aliphatic rings. The molecular weight excluding hydrogens is 394 g/mol. The van der Waals surface area contributed by atoms with Crippen LogP contribution in [0, 0.1) is 0 Å². The van der Waals surface area contributed by atoms with Gasteiger partial charge in [-0.25, -0.2) is 13.8 Å². The second-order valence-electron chi connectivity index (χ2n) is 7.81. The van der Waals surface area contributed by atoms with Crippen LogP contribution in [0.4, 0.5) is 8.78 Å². The molecule has 7 nitrogen and oxygen atoms in total. The number of carbonyl (C=O) groups excluding carboxylic acids is 1. The van der Waals surface area contributed by atoms with Crippen molar-refractivity contribution in [2.24, 2.45) is 10.7 Å². The third-order valence-corrected chi connectivity index (χ3v) is 5.48. The van der Waals surface area contributed by atoms with Gasteiger partial charge < -0.3 is 20.9 Å². The molecule has 166 valence electrons. The summed E-state index contributed by atoms with van der Waals surface area (Å²) >= 11 is 0. The normalized spacial score (nSPS) is 23.8. The molecule has 1 fully saturated rings. The maximum absolute atomic E-state index is 12.2. The zero-order chi connectivity index (χ0) is 21.5. The van der Waals surface area contributed by atoms with Crippen LogP contribution in [0.15, 0.2) is 35.3 Å². The first-order valence-electron chi connectivity index (χ1n) is 10.4. The lowest BCUT2D eigenvalue weighted by atomic mass is 10.1. The van der Waals surface area contributed by atoms with E-state index in [-0.39, 0.29) is 31.5 Å². The fourth-order valence-electron chi connectivity index (χ4n) is 3.89. The van der Waals surface area contributed by atoms with E-state index in [1.807, 2.05) is 35.2 Å². The molecule has 0 bridgehead atoms. The highest BCUT2D eigenvalue weighted by molar-refractivity contribution is 5.83. The number of halogens is 2. The van der Waals surface area contributed by atoms with Crippen LogP contribution in [0.2, 0.25) is 0 Å². The summed E-state index contributed by atoms with van der Waals surface area (Å²) in [6.45, 7) is 1.33. The summed E-state index contributed by atoms with van der Waals surface area (Å²) in [7, 11) is 0. The van der Waals surface area contributed by atoms with Crippen LogP contribution in [0.3, 0.4) is 0 Å². The van der Waals surface area contributed by atoms with Gasteiger partial charge in [0.1, 0.15) is 18.9 Å². The van der Waals surface area contributed by atoms with Gasteiger partial charge in [0.2, 0.25) is 18.2 Å². The summed E-state index contributed by atoms with van der Waals surface area (Å²) in [5.74, 6) is 0.189. The van der Waals surface area contributed by atoms with E-state index in [4.69, 9.17) is 15.5 Å². The van der Waals surface area contributed by atoms with Gasteiger partial charge in [0, 0.05) is 38.4 Å². The number of nitrogens with two attached hydrogens (primary N) is 1. The van der Waals surface area contributed by atoms with Crippen LogP contribution >= 0.6 is 0 Å². The summed E-state index contributed by atoms with van der Waals surface area (Å²) in [6, 6.07) is 9.34. The molecule has 4 atom stereocenters. The first-order chi connectivity index (χ1) is 14.4. The standard InChI is InChI=1S/C21H30F2N4O3/c22-18(23)8-9-19(28)25-12-15(24)11-20(29)27-10-4-7-17(27)21-26-16(13-30-21)14-5-2-1-3-6-14/h1-3,5-6,15-18,20,29H,4,7-13,24H2,(H,25,28)/t15-,16+,17?,20?/m0/s1. The third-order valence-electron chi connectivity index (χ3n) is 5.48. The van der Waals surface area contributed by atoms with Crippen molar-refractivity contribution in [3.63, 3.8) is 0 Å². The number of nitrogens with one attached hydrogen (secondary N) is 1. The molecule has 3 rings (SSSR count). The maximum Gasteiger partial charge on any atom is 0.239 e. The van der Waals surface area contributed by atoms with Crippen molar-refractivity contribution in [3.05, 3.63) is 35.9 Å². The fraction of sp³-hybridized carbons (Fsp3) is 0.619. The lowest BCUT2D eigenvalue weighted by Gasteiger charge is -2.30. The lowest BCUT2D eigenvalue weighted by molar-refractivity contribution is -0.122. The molecule has 1 saturated heterocycles. The number of hydrogen-bond acceptors (Lipinski definition) is 6. The number of benzene rings is 1. The minimum absolute atomic E-state index is 0.0356. The molecule has 0 aromatic heterocycles. The van der Waals surface area contributed by atoms with Crippen molar-refractivity contribution in [2.45, 2.75) is 62.9 Å². The molecule has 30 heavy (non-hydrogen) atoms. The van der Waals surface area contributed by atoms with E-state index >= 15 is 0 Å². The molecule has 9 heteroatoms. The number of nitrogens with zero attached hydrogens (tertiary/aromatic N) is 2. The van der Waals surface area contributed by atoms with Gasteiger partial charge in [-0.05, 0) is 18.4 Å². The van der Waals surface area contributed by atoms with Gasteiger partial charge in [-0.1, -0.05) is 30.3 Å². The van der Waals surface area contributed by atoms with Crippen LogP contribution in [-0.2, 0) is 9.53 Å². The number of hydrogen-bond donors (Lipinski definition) is 3. The van der Waals surface area contributed by atoms with E-state index < -0.39 is 31.0 Å². The lowest BCUT2D eigenvalue weighted by Crippen LogP contribution is -2.47. The Hall–Kier alpha value is -2.10. The van der Waals surface area contributed by atoms with E-state index in [1.54, 1.807) is 0 Å². The van der Waals surface area contributed by atoms with Gasteiger partial charge in [-0.2, -0.15) is 0 Å². The number of rotatable bonds is 10. The SMILES string of the molecule is N[C@H](CNC(=O)CCC(F)F)CC(O)N1CCCC1C1=N[C@@H](c2ccccc2)CO1. The highest BCUT2D eigenvalue weighted by atomic mass is 19.3. The molecule has 1 aromatic carbocycles. The largest absolute Gasteiger partial charge is 0.477 e. The second kappa shape index (κ2) is 10.8. The van der Waals surface area contributed by atoms with Gasteiger partial charge in [0.05, 0.1) is 6.04 Å². The average Bonchev–Trinajstić information content (AvgIpc) is 3.40. The number of aliphatic hydroxyl groups is 1. The summed E-state index contributed by atoms with van der Waals surface area (Å²) < 4.78 is 30.2.